The van der Waals surface area contributed by atoms with Gasteiger partial charge in [-0.25, -0.2) is 4.98 Å². The van der Waals surface area contributed by atoms with E-state index in [1.165, 1.54) is 11.3 Å². The fourth-order valence-electron chi connectivity index (χ4n) is 2.33. The van der Waals surface area contributed by atoms with Gasteiger partial charge in [0.2, 0.25) is 5.91 Å². The fourth-order valence-corrected chi connectivity index (χ4v) is 3.20. The monoisotopic (exact) mass is 351 g/mol. The summed E-state index contributed by atoms with van der Waals surface area (Å²) in [6.07, 6.45) is 6.54. The van der Waals surface area contributed by atoms with E-state index >= 15 is 0 Å². The van der Waals surface area contributed by atoms with Gasteiger partial charge in [-0.05, 0) is 30.2 Å². The fraction of sp³-hybridized carbons (Fsp3) is 0.222. The van der Waals surface area contributed by atoms with Crippen LogP contribution >= 0.6 is 11.3 Å². The zero-order valence-corrected chi connectivity index (χ0v) is 14.6. The minimum absolute atomic E-state index is 0.0765. The Morgan fingerprint density at radius 3 is 2.80 bits per heavy atom. The van der Waals surface area contributed by atoms with Crippen molar-refractivity contribution in [3.63, 3.8) is 0 Å². The van der Waals surface area contributed by atoms with Crippen LogP contribution in [0.5, 0.6) is 0 Å². The second kappa shape index (κ2) is 7.73. The number of amides is 1. The van der Waals surface area contributed by atoms with Gasteiger partial charge in [0, 0.05) is 36.7 Å². The minimum Gasteiger partial charge on any atom is -0.302 e. The van der Waals surface area contributed by atoms with Gasteiger partial charge in [0.25, 0.3) is 0 Å². The van der Waals surface area contributed by atoms with E-state index in [1.807, 2.05) is 25.3 Å². The summed E-state index contributed by atoms with van der Waals surface area (Å²) in [5.41, 5.74) is 2.83. The summed E-state index contributed by atoms with van der Waals surface area (Å²) in [5.74, 6) is -0.0765. The van der Waals surface area contributed by atoms with Gasteiger partial charge in [0.15, 0.2) is 5.13 Å². The summed E-state index contributed by atoms with van der Waals surface area (Å²) >= 11 is 1.46. The largest absolute Gasteiger partial charge is 0.302 e. The molecule has 0 radical (unpaired) electrons. The van der Waals surface area contributed by atoms with Crippen molar-refractivity contribution in [3.8, 4) is 6.07 Å². The van der Waals surface area contributed by atoms with Gasteiger partial charge in [-0.1, -0.05) is 12.1 Å². The molecule has 1 amide bonds. The molecule has 0 aliphatic carbocycles. The molecule has 1 aromatic carbocycles. The molecular formula is C18H17N5OS. The van der Waals surface area contributed by atoms with E-state index in [9.17, 15) is 4.79 Å². The Labute approximate surface area is 149 Å². The summed E-state index contributed by atoms with van der Waals surface area (Å²) < 4.78 is 1.76. The second-order valence-corrected chi connectivity index (χ2v) is 6.81. The number of anilines is 1. The lowest BCUT2D eigenvalue weighted by molar-refractivity contribution is -0.116. The second-order valence-electron chi connectivity index (χ2n) is 5.70. The van der Waals surface area contributed by atoms with Crippen LogP contribution in [0, 0.1) is 18.3 Å². The van der Waals surface area contributed by atoms with Crippen molar-refractivity contribution in [1.29, 1.82) is 5.26 Å². The lowest BCUT2D eigenvalue weighted by atomic mass is 10.1. The third-order valence-electron chi connectivity index (χ3n) is 3.59. The summed E-state index contributed by atoms with van der Waals surface area (Å²) in [6.45, 7) is 2.51. The predicted octanol–water partition coefficient (Wildman–Crippen LogP) is 3.14. The van der Waals surface area contributed by atoms with Crippen molar-refractivity contribution in [1.82, 2.24) is 14.8 Å². The van der Waals surface area contributed by atoms with Gasteiger partial charge in [-0.15, -0.1) is 11.3 Å². The quantitative estimate of drug-likeness (QED) is 0.739. The lowest BCUT2D eigenvalue weighted by Gasteiger charge is -2.02. The van der Waals surface area contributed by atoms with Crippen molar-refractivity contribution in [2.75, 3.05) is 5.32 Å². The smallest absolute Gasteiger partial charge is 0.228 e. The number of carbonyl (C=O) groups excluding carboxylic acids is 1. The number of thiazole rings is 1. The molecule has 3 rings (SSSR count). The van der Waals surface area contributed by atoms with Crippen LogP contribution in [0.1, 0.15) is 28.0 Å². The van der Waals surface area contributed by atoms with Crippen molar-refractivity contribution >= 4 is 22.4 Å². The molecule has 0 aliphatic rings. The van der Waals surface area contributed by atoms with Crippen LogP contribution < -0.4 is 5.32 Å². The van der Waals surface area contributed by atoms with Crippen LogP contribution in [0.2, 0.25) is 0 Å². The summed E-state index contributed by atoms with van der Waals surface area (Å²) in [7, 11) is 0. The molecular weight excluding hydrogens is 334 g/mol. The molecule has 0 saturated carbocycles. The molecule has 2 aromatic heterocycles. The van der Waals surface area contributed by atoms with Gasteiger partial charge < -0.3 is 5.32 Å². The average molecular weight is 351 g/mol. The van der Waals surface area contributed by atoms with E-state index in [0.717, 1.165) is 22.4 Å². The topological polar surface area (TPSA) is 83.6 Å². The van der Waals surface area contributed by atoms with Crippen LogP contribution in [-0.2, 0) is 17.8 Å². The highest BCUT2D eigenvalue weighted by atomic mass is 32.1. The van der Waals surface area contributed by atoms with E-state index in [2.05, 4.69) is 21.5 Å². The number of nitriles is 1. The van der Waals surface area contributed by atoms with E-state index in [-0.39, 0.29) is 5.91 Å². The van der Waals surface area contributed by atoms with Gasteiger partial charge in [0.1, 0.15) is 0 Å². The van der Waals surface area contributed by atoms with Crippen molar-refractivity contribution < 1.29 is 4.79 Å². The molecule has 1 N–H and O–H groups in total. The van der Waals surface area contributed by atoms with Gasteiger partial charge >= 0.3 is 0 Å². The number of hydrogen-bond acceptors (Lipinski definition) is 5. The Morgan fingerprint density at radius 1 is 1.32 bits per heavy atom. The number of hydrogen-bond donors (Lipinski definition) is 1. The molecule has 0 aliphatic heterocycles. The van der Waals surface area contributed by atoms with Crippen molar-refractivity contribution in [2.24, 2.45) is 0 Å². The van der Waals surface area contributed by atoms with Crippen LogP contribution in [0.15, 0.2) is 42.9 Å². The number of benzene rings is 1. The van der Waals surface area contributed by atoms with Crippen LogP contribution in [0.4, 0.5) is 5.13 Å². The summed E-state index contributed by atoms with van der Waals surface area (Å²) in [4.78, 5) is 17.3. The molecule has 0 spiro atoms. The molecule has 0 atom stereocenters. The maximum atomic E-state index is 12.0. The number of nitrogens with one attached hydrogen (secondary N) is 1. The highest BCUT2D eigenvalue weighted by Gasteiger charge is 2.08. The van der Waals surface area contributed by atoms with E-state index in [0.29, 0.717) is 23.7 Å². The molecule has 7 heteroatoms. The Balaban J connectivity index is 1.52. The van der Waals surface area contributed by atoms with Crippen LogP contribution in [0.3, 0.4) is 0 Å². The third kappa shape index (κ3) is 4.75. The number of aromatic nitrogens is 3. The molecule has 0 unspecified atom stereocenters. The molecule has 2 heterocycles. The van der Waals surface area contributed by atoms with Gasteiger partial charge in [0.05, 0.1) is 17.8 Å². The highest BCUT2D eigenvalue weighted by Crippen LogP contribution is 2.21. The van der Waals surface area contributed by atoms with Gasteiger partial charge in [-0.2, -0.15) is 10.4 Å². The molecule has 0 bridgehead atoms. The van der Waals surface area contributed by atoms with E-state index < -0.39 is 0 Å². The molecule has 0 saturated heterocycles. The van der Waals surface area contributed by atoms with Crippen molar-refractivity contribution in [2.45, 2.75) is 26.3 Å². The lowest BCUT2D eigenvalue weighted by Crippen LogP contribution is -2.14. The first-order valence-corrected chi connectivity index (χ1v) is 8.66. The Hall–Kier alpha value is -2.98. The first kappa shape index (κ1) is 16.9. The molecule has 126 valence electrons. The summed E-state index contributed by atoms with van der Waals surface area (Å²) in [6, 6.07) is 9.57. The SMILES string of the molecule is Cc1cnn(CCC(=O)Nc2ncc(Cc3ccc(C#N)cc3)s2)c1. The molecule has 3 aromatic rings. The normalized spacial score (nSPS) is 10.4. The first-order chi connectivity index (χ1) is 12.1. The number of carbonyl (C=O) groups is 1. The third-order valence-corrected chi connectivity index (χ3v) is 4.50. The Morgan fingerprint density at radius 2 is 2.12 bits per heavy atom. The zero-order chi connectivity index (χ0) is 17.6. The minimum atomic E-state index is -0.0765. The standard InChI is InChI=1S/C18H17N5OS/c1-13-10-21-23(12-13)7-6-17(24)22-18-20-11-16(25-18)8-14-2-4-15(9-19)5-3-14/h2-5,10-12H,6-8H2,1H3,(H,20,22,24). The van der Waals surface area contributed by atoms with Crippen LogP contribution in [0.25, 0.3) is 0 Å². The highest BCUT2D eigenvalue weighted by molar-refractivity contribution is 7.15. The molecule has 25 heavy (non-hydrogen) atoms. The van der Waals surface area contributed by atoms with Crippen LogP contribution in [-0.4, -0.2) is 20.7 Å². The molecule has 0 fully saturated rings. The van der Waals surface area contributed by atoms with Gasteiger partial charge in [-0.3, -0.25) is 9.48 Å². The number of rotatable bonds is 6. The molecule has 6 nitrogen and oxygen atoms in total. The first-order valence-electron chi connectivity index (χ1n) is 7.85. The Bertz CT molecular complexity index is 904. The summed E-state index contributed by atoms with van der Waals surface area (Å²) in [5, 5.41) is 16.4. The van der Waals surface area contributed by atoms with E-state index in [1.54, 1.807) is 29.2 Å². The maximum Gasteiger partial charge on any atom is 0.228 e. The average Bonchev–Trinajstić information content (AvgIpc) is 3.22. The van der Waals surface area contributed by atoms with E-state index in [4.69, 9.17) is 5.26 Å². The number of aryl methyl sites for hydroxylation is 2. The van der Waals surface area contributed by atoms with Crippen molar-refractivity contribution in [3.05, 3.63) is 64.4 Å². The number of nitrogens with zero attached hydrogens (tertiary/aromatic N) is 4. The Kier molecular flexibility index (Phi) is 5.21. The predicted molar refractivity (Wildman–Crippen MR) is 96.3 cm³/mol. The maximum absolute atomic E-state index is 12.0. The zero-order valence-electron chi connectivity index (χ0n) is 13.8.